The highest BCUT2D eigenvalue weighted by molar-refractivity contribution is 6.43. The Morgan fingerprint density at radius 1 is 1.00 bits per heavy atom. The van der Waals surface area contributed by atoms with Crippen LogP contribution >= 0.6 is 0 Å². The average Bonchev–Trinajstić information content (AvgIpc) is 2.84. The number of nitrogens with one attached hydrogen (secondary N) is 2. The fourth-order valence-corrected chi connectivity index (χ4v) is 3.05. The van der Waals surface area contributed by atoms with Gasteiger partial charge in [0.15, 0.2) is 0 Å². The minimum absolute atomic E-state index is 0.0114. The quantitative estimate of drug-likeness (QED) is 0.372. The molecule has 1 atom stereocenters. The van der Waals surface area contributed by atoms with E-state index in [1.54, 1.807) is 44.4 Å². The van der Waals surface area contributed by atoms with Gasteiger partial charge in [0.1, 0.15) is 30.1 Å². The van der Waals surface area contributed by atoms with Crippen LogP contribution in [0.25, 0.3) is 0 Å². The summed E-state index contributed by atoms with van der Waals surface area (Å²) in [7, 11) is 1.62. The number of ether oxygens (including phenoxy) is 3. The van der Waals surface area contributed by atoms with Crippen molar-refractivity contribution in [3.8, 4) is 11.5 Å². The van der Waals surface area contributed by atoms with Gasteiger partial charge in [-0.1, -0.05) is 24.3 Å². The summed E-state index contributed by atoms with van der Waals surface area (Å²) < 4.78 is 16.0. The molecule has 0 fully saturated rings. The molecule has 2 aromatic carbocycles. The molecule has 32 heavy (non-hydrogen) atoms. The minimum atomic E-state index is -0.931. The number of hydrogen-bond acceptors (Lipinski definition) is 8. The molecule has 3 rings (SSSR count). The zero-order valence-electron chi connectivity index (χ0n) is 17.9. The number of hydrogen-bond donors (Lipinski definition) is 2. The molecule has 1 aromatic heterocycles. The van der Waals surface area contributed by atoms with Gasteiger partial charge >= 0.3 is 5.97 Å². The Morgan fingerprint density at radius 3 is 2.28 bits per heavy atom. The van der Waals surface area contributed by atoms with E-state index in [1.807, 2.05) is 24.3 Å². The van der Waals surface area contributed by atoms with Crippen LogP contribution in [0.1, 0.15) is 29.7 Å². The molecule has 0 saturated heterocycles. The molecular weight excluding hydrogens is 408 g/mol. The molecule has 0 bridgehead atoms. The highest BCUT2D eigenvalue weighted by Gasteiger charge is 2.29. The van der Waals surface area contributed by atoms with Crippen LogP contribution in [-0.2, 0) is 16.1 Å². The van der Waals surface area contributed by atoms with Gasteiger partial charge in [-0.3, -0.25) is 5.41 Å². The number of aromatic nitrogens is 2. The van der Waals surface area contributed by atoms with Gasteiger partial charge in [0, 0.05) is 6.20 Å². The maximum absolute atomic E-state index is 12.3. The molecule has 2 N–H and O–H groups in total. The first-order valence-electron chi connectivity index (χ1n) is 9.99. The predicted octanol–water partition coefficient (Wildman–Crippen LogP) is 3.80. The summed E-state index contributed by atoms with van der Waals surface area (Å²) in [6.07, 6.45) is 2.84. The summed E-state index contributed by atoms with van der Waals surface area (Å²) in [5, 5.41) is 16.9. The molecule has 3 aromatic rings. The maximum atomic E-state index is 12.3. The van der Waals surface area contributed by atoms with E-state index in [4.69, 9.17) is 25.0 Å². The standard InChI is InChI=1S/C24H24N4O4/c1-3-31-24(29)23(26)21(22(25)20-12-13-27-15-28-20)17-6-10-19(11-7-17)32-14-16-4-8-18(30-2)9-5-16/h4-13,15,21,25-26H,3,14H2,1-2H3. The lowest BCUT2D eigenvalue weighted by atomic mass is 9.87. The first-order valence-corrected chi connectivity index (χ1v) is 9.99. The highest BCUT2D eigenvalue weighted by atomic mass is 16.5. The molecule has 1 heterocycles. The Bertz CT molecular complexity index is 1070. The monoisotopic (exact) mass is 432 g/mol. The molecule has 8 heteroatoms. The van der Waals surface area contributed by atoms with Gasteiger partial charge in [-0.2, -0.15) is 0 Å². The van der Waals surface area contributed by atoms with Gasteiger partial charge in [0.05, 0.1) is 31.0 Å². The number of benzene rings is 2. The molecule has 1 unspecified atom stereocenters. The van der Waals surface area contributed by atoms with Gasteiger partial charge in [-0.05, 0) is 48.4 Å². The van der Waals surface area contributed by atoms with E-state index >= 15 is 0 Å². The van der Waals surface area contributed by atoms with E-state index in [2.05, 4.69) is 9.97 Å². The fraction of sp³-hybridized carbons (Fsp3) is 0.208. The largest absolute Gasteiger partial charge is 0.497 e. The van der Waals surface area contributed by atoms with E-state index in [0.717, 1.165) is 11.3 Å². The molecule has 0 radical (unpaired) electrons. The normalized spacial score (nSPS) is 11.3. The molecule has 0 spiro atoms. The second kappa shape index (κ2) is 10.8. The van der Waals surface area contributed by atoms with Gasteiger partial charge in [-0.15, -0.1) is 0 Å². The van der Waals surface area contributed by atoms with Crippen LogP contribution in [0, 0.1) is 10.8 Å². The van der Waals surface area contributed by atoms with Crippen molar-refractivity contribution in [2.45, 2.75) is 19.4 Å². The fourth-order valence-electron chi connectivity index (χ4n) is 3.05. The van der Waals surface area contributed by atoms with Crippen molar-refractivity contribution >= 4 is 17.4 Å². The average molecular weight is 432 g/mol. The maximum Gasteiger partial charge on any atom is 0.352 e. The van der Waals surface area contributed by atoms with Crippen molar-refractivity contribution in [1.82, 2.24) is 9.97 Å². The molecule has 0 aliphatic heterocycles. The van der Waals surface area contributed by atoms with Crippen LogP contribution in [0.4, 0.5) is 0 Å². The third-order valence-electron chi connectivity index (χ3n) is 4.71. The summed E-state index contributed by atoms with van der Waals surface area (Å²) in [6.45, 7) is 2.19. The molecule has 0 saturated carbocycles. The first-order chi connectivity index (χ1) is 15.5. The van der Waals surface area contributed by atoms with Crippen molar-refractivity contribution in [1.29, 1.82) is 10.8 Å². The summed E-state index contributed by atoms with van der Waals surface area (Å²) >= 11 is 0. The second-order valence-corrected chi connectivity index (χ2v) is 6.78. The van der Waals surface area contributed by atoms with Gasteiger partial charge in [-0.25, -0.2) is 14.8 Å². The van der Waals surface area contributed by atoms with Crippen molar-refractivity contribution < 1.29 is 19.0 Å². The molecular formula is C24H24N4O4. The zero-order valence-corrected chi connectivity index (χ0v) is 17.9. The zero-order chi connectivity index (χ0) is 22.9. The third-order valence-corrected chi connectivity index (χ3v) is 4.71. The Labute approximate surface area is 186 Å². The smallest absolute Gasteiger partial charge is 0.352 e. The van der Waals surface area contributed by atoms with Crippen molar-refractivity contribution in [2.24, 2.45) is 0 Å². The van der Waals surface area contributed by atoms with Crippen LogP contribution in [-0.4, -0.2) is 41.1 Å². The van der Waals surface area contributed by atoms with Crippen molar-refractivity contribution in [3.63, 3.8) is 0 Å². The Hall–Kier alpha value is -4.07. The highest BCUT2D eigenvalue weighted by Crippen LogP contribution is 2.25. The van der Waals surface area contributed by atoms with Crippen LogP contribution in [0.2, 0.25) is 0 Å². The topological polar surface area (TPSA) is 118 Å². The third kappa shape index (κ3) is 5.54. The number of rotatable bonds is 10. The second-order valence-electron chi connectivity index (χ2n) is 6.78. The Morgan fingerprint density at radius 2 is 1.69 bits per heavy atom. The number of carbonyl (C=O) groups excluding carboxylic acids is 1. The van der Waals surface area contributed by atoms with Gasteiger partial charge in [0.2, 0.25) is 0 Å². The van der Waals surface area contributed by atoms with Gasteiger partial charge in [0.25, 0.3) is 0 Å². The van der Waals surface area contributed by atoms with Crippen LogP contribution < -0.4 is 9.47 Å². The lowest BCUT2D eigenvalue weighted by Crippen LogP contribution is -2.30. The summed E-state index contributed by atoms with van der Waals surface area (Å²) in [4.78, 5) is 20.2. The number of esters is 1. The summed E-state index contributed by atoms with van der Waals surface area (Å²) in [5.74, 6) is -0.297. The van der Waals surface area contributed by atoms with E-state index in [1.165, 1.54) is 12.5 Å². The van der Waals surface area contributed by atoms with Crippen molar-refractivity contribution in [3.05, 3.63) is 83.9 Å². The van der Waals surface area contributed by atoms with E-state index in [-0.39, 0.29) is 18.0 Å². The first kappa shape index (κ1) is 22.6. The van der Waals surface area contributed by atoms with E-state index in [0.29, 0.717) is 23.6 Å². The van der Waals surface area contributed by atoms with Gasteiger partial charge < -0.3 is 19.6 Å². The van der Waals surface area contributed by atoms with Crippen LogP contribution in [0.5, 0.6) is 11.5 Å². The Kier molecular flexibility index (Phi) is 7.64. The van der Waals surface area contributed by atoms with E-state index in [9.17, 15) is 4.79 Å². The molecule has 8 nitrogen and oxygen atoms in total. The Balaban J connectivity index is 1.79. The van der Waals surface area contributed by atoms with Crippen molar-refractivity contribution in [2.75, 3.05) is 13.7 Å². The SMILES string of the molecule is CCOC(=O)C(=N)C(C(=N)c1ccncn1)c1ccc(OCc2ccc(OC)cc2)cc1. The minimum Gasteiger partial charge on any atom is -0.497 e. The summed E-state index contributed by atoms with van der Waals surface area (Å²) in [6, 6.07) is 16.1. The van der Waals surface area contributed by atoms with Crippen LogP contribution in [0.3, 0.4) is 0 Å². The number of methoxy groups -OCH3 is 1. The molecule has 0 amide bonds. The lowest BCUT2D eigenvalue weighted by molar-refractivity contribution is -0.135. The molecule has 164 valence electrons. The molecule has 0 aliphatic carbocycles. The van der Waals surface area contributed by atoms with Crippen LogP contribution in [0.15, 0.2) is 67.1 Å². The van der Waals surface area contributed by atoms with E-state index < -0.39 is 11.9 Å². The predicted molar refractivity (Wildman–Crippen MR) is 120 cm³/mol. The molecule has 0 aliphatic rings. The summed E-state index contributed by atoms with van der Waals surface area (Å²) in [5.41, 5.74) is 1.59. The number of nitrogens with zero attached hydrogens (tertiary/aromatic N) is 2. The number of carbonyl (C=O) groups is 1. The lowest BCUT2D eigenvalue weighted by Gasteiger charge is -2.19.